The predicted octanol–water partition coefficient (Wildman–Crippen LogP) is 4.18. The lowest BCUT2D eigenvalue weighted by Crippen LogP contribution is -2.34. The second-order valence-corrected chi connectivity index (χ2v) is 7.52. The van der Waals surface area contributed by atoms with Gasteiger partial charge < -0.3 is 10.1 Å². The lowest BCUT2D eigenvalue weighted by atomic mass is 9.84. The van der Waals surface area contributed by atoms with Crippen LogP contribution in [0.1, 0.15) is 44.6 Å². The van der Waals surface area contributed by atoms with E-state index >= 15 is 0 Å². The highest BCUT2D eigenvalue weighted by Crippen LogP contribution is 2.36. The van der Waals surface area contributed by atoms with Crippen molar-refractivity contribution in [3.63, 3.8) is 0 Å². The third-order valence-corrected chi connectivity index (χ3v) is 4.07. The van der Waals surface area contributed by atoms with Crippen molar-refractivity contribution in [1.29, 1.82) is 0 Å². The van der Waals surface area contributed by atoms with E-state index in [1.807, 2.05) is 69.3 Å². The molecule has 0 saturated carbocycles. The number of hydrogen-bond acceptors (Lipinski definition) is 5. The van der Waals surface area contributed by atoms with Gasteiger partial charge >= 0.3 is 6.09 Å². The van der Waals surface area contributed by atoms with Crippen LogP contribution in [-0.4, -0.2) is 34.4 Å². The van der Waals surface area contributed by atoms with E-state index in [1.54, 1.807) is 6.20 Å². The SMILES string of the molecule is CC(C)(C)C(OC(=O)N(O)CCCNCc1ccccn1)c1ccccc1. The van der Waals surface area contributed by atoms with Crippen LogP contribution in [0.4, 0.5) is 4.79 Å². The molecule has 27 heavy (non-hydrogen) atoms. The summed E-state index contributed by atoms with van der Waals surface area (Å²) in [7, 11) is 0. The molecule has 1 unspecified atom stereocenters. The third kappa shape index (κ3) is 7.00. The Morgan fingerprint density at radius 3 is 2.52 bits per heavy atom. The molecule has 0 aliphatic rings. The molecule has 1 aromatic carbocycles. The van der Waals surface area contributed by atoms with Crippen molar-refractivity contribution in [1.82, 2.24) is 15.4 Å². The highest BCUT2D eigenvalue weighted by atomic mass is 16.6. The maximum absolute atomic E-state index is 12.3. The van der Waals surface area contributed by atoms with Gasteiger partial charge in [-0.1, -0.05) is 57.2 Å². The summed E-state index contributed by atoms with van der Waals surface area (Å²) in [5.74, 6) is 0. The second kappa shape index (κ2) is 10.0. The minimum Gasteiger partial charge on any atom is -0.439 e. The van der Waals surface area contributed by atoms with E-state index in [1.165, 1.54) is 0 Å². The monoisotopic (exact) mass is 371 g/mol. The van der Waals surface area contributed by atoms with Gasteiger partial charge in [0, 0.05) is 18.2 Å². The Balaban J connectivity index is 1.78. The average molecular weight is 371 g/mol. The smallest absolute Gasteiger partial charge is 0.434 e. The molecule has 1 amide bonds. The Morgan fingerprint density at radius 1 is 1.19 bits per heavy atom. The molecule has 2 rings (SSSR count). The van der Waals surface area contributed by atoms with Crippen molar-refractivity contribution in [2.75, 3.05) is 13.1 Å². The summed E-state index contributed by atoms with van der Waals surface area (Å²) in [5, 5.41) is 13.9. The largest absolute Gasteiger partial charge is 0.439 e. The van der Waals surface area contributed by atoms with Crippen LogP contribution >= 0.6 is 0 Å². The first-order valence-electron chi connectivity index (χ1n) is 9.20. The molecule has 0 aliphatic carbocycles. The van der Waals surface area contributed by atoms with Crippen LogP contribution in [0.3, 0.4) is 0 Å². The van der Waals surface area contributed by atoms with Gasteiger partial charge in [0.25, 0.3) is 0 Å². The lowest BCUT2D eigenvalue weighted by Gasteiger charge is -2.31. The number of carbonyl (C=O) groups excluding carboxylic acids is 1. The third-order valence-electron chi connectivity index (χ3n) is 4.07. The first-order chi connectivity index (χ1) is 12.9. The van der Waals surface area contributed by atoms with Crippen LogP contribution in [0.5, 0.6) is 0 Å². The molecule has 0 fully saturated rings. The number of aromatic nitrogens is 1. The highest BCUT2D eigenvalue weighted by Gasteiger charge is 2.31. The van der Waals surface area contributed by atoms with Crippen LogP contribution in [-0.2, 0) is 11.3 Å². The van der Waals surface area contributed by atoms with Crippen LogP contribution in [0.25, 0.3) is 0 Å². The summed E-state index contributed by atoms with van der Waals surface area (Å²) in [6.45, 7) is 7.50. The Kier molecular flexibility index (Phi) is 7.76. The number of benzene rings is 1. The van der Waals surface area contributed by atoms with Gasteiger partial charge in [0.2, 0.25) is 0 Å². The molecule has 0 saturated heterocycles. The fourth-order valence-electron chi connectivity index (χ4n) is 2.70. The summed E-state index contributed by atoms with van der Waals surface area (Å²) in [6.07, 6.45) is 1.18. The highest BCUT2D eigenvalue weighted by molar-refractivity contribution is 5.66. The lowest BCUT2D eigenvalue weighted by molar-refractivity contribution is -0.0959. The molecule has 0 aliphatic heterocycles. The van der Waals surface area contributed by atoms with Crippen molar-refractivity contribution in [2.45, 2.75) is 39.8 Å². The Bertz CT molecular complexity index is 687. The van der Waals surface area contributed by atoms with E-state index in [9.17, 15) is 10.0 Å². The van der Waals surface area contributed by atoms with Gasteiger partial charge in [-0.25, -0.2) is 4.79 Å². The van der Waals surface area contributed by atoms with Gasteiger partial charge in [0.05, 0.1) is 12.2 Å². The molecule has 2 N–H and O–H groups in total. The standard InChI is InChI=1S/C21H29N3O3/c1-21(2,3)19(17-10-5-4-6-11-17)27-20(25)24(26)15-9-13-22-16-18-12-7-8-14-23-18/h4-8,10-12,14,19,22,26H,9,13,15-16H2,1-3H3. The maximum Gasteiger partial charge on any atom is 0.434 e. The number of pyridine rings is 1. The van der Waals surface area contributed by atoms with Crippen LogP contribution in [0.15, 0.2) is 54.7 Å². The van der Waals surface area contributed by atoms with Crippen molar-refractivity contribution in [3.05, 3.63) is 66.0 Å². The molecule has 146 valence electrons. The number of nitrogens with one attached hydrogen (secondary N) is 1. The average Bonchev–Trinajstić information content (AvgIpc) is 2.66. The normalized spacial score (nSPS) is 12.4. The maximum atomic E-state index is 12.3. The zero-order valence-corrected chi connectivity index (χ0v) is 16.3. The zero-order chi connectivity index (χ0) is 19.7. The van der Waals surface area contributed by atoms with E-state index in [0.29, 0.717) is 24.6 Å². The van der Waals surface area contributed by atoms with Crippen molar-refractivity contribution in [3.8, 4) is 0 Å². The molecule has 0 spiro atoms. The molecule has 1 atom stereocenters. The van der Waals surface area contributed by atoms with Gasteiger partial charge in [-0.3, -0.25) is 10.2 Å². The van der Waals surface area contributed by atoms with Crippen LogP contribution in [0.2, 0.25) is 0 Å². The molecule has 2 aromatic rings. The van der Waals surface area contributed by atoms with E-state index < -0.39 is 12.2 Å². The van der Waals surface area contributed by atoms with E-state index in [2.05, 4.69) is 10.3 Å². The molecule has 0 radical (unpaired) electrons. The Labute approximate surface area is 161 Å². The minimum absolute atomic E-state index is 0.194. The number of hydrogen-bond donors (Lipinski definition) is 2. The summed E-state index contributed by atoms with van der Waals surface area (Å²) < 4.78 is 5.60. The number of hydroxylamine groups is 2. The molecular weight excluding hydrogens is 342 g/mol. The number of nitrogens with zero attached hydrogens (tertiary/aromatic N) is 2. The fraction of sp³-hybridized carbons (Fsp3) is 0.429. The van der Waals surface area contributed by atoms with Gasteiger partial charge in [0.1, 0.15) is 6.10 Å². The Morgan fingerprint density at radius 2 is 1.89 bits per heavy atom. The van der Waals surface area contributed by atoms with Gasteiger partial charge in [-0.15, -0.1) is 0 Å². The van der Waals surface area contributed by atoms with E-state index in [4.69, 9.17) is 4.74 Å². The predicted molar refractivity (Wildman–Crippen MR) is 104 cm³/mol. The number of rotatable bonds is 8. The topological polar surface area (TPSA) is 74.7 Å². The summed E-state index contributed by atoms with van der Waals surface area (Å²) >= 11 is 0. The summed E-state index contributed by atoms with van der Waals surface area (Å²) in [5.41, 5.74) is 1.57. The molecule has 1 aromatic heterocycles. The van der Waals surface area contributed by atoms with Crippen molar-refractivity contribution in [2.24, 2.45) is 5.41 Å². The van der Waals surface area contributed by atoms with Crippen molar-refractivity contribution < 1.29 is 14.7 Å². The molecule has 6 heteroatoms. The first-order valence-corrected chi connectivity index (χ1v) is 9.20. The fourth-order valence-corrected chi connectivity index (χ4v) is 2.70. The molecule has 1 heterocycles. The zero-order valence-electron chi connectivity index (χ0n) is 16.3. The number of amides is 1. The van der Waals surface area contributed by atoms with Gasteiger partial charge in [-0.05, 0) is 30.7 Å². The first kappa shape index (κ1) is 20.9. The van der Waals surface area contributed by atoms with Crippen LogP contribution in [0, 0.1) is 5.41 Å². The quantitative estimate of drug-likeness (QED) is 0.414. The van der Waals surface area contributed by atoms with Crippen LogP contribution < -0.4 is 5.32 Å². The molecule has 6 nitrogen and oxygen atoms in total. The summed E-state index contributed by atoms with van der Waals surface area (Å²) in [6, 6.07) is 15.3. The second-order valence-electron chi connectivity index (χ2n) is 7.52. The molecular formula is C21H29N3O3. The van der Waals surface area contributed by atoms with Crippen molar-refractivity contribution >= 4 is 6.09 Å². The van der Waals surface area contributed by atoms with E-state index in [-0.39, 0.29) is 12.0 Å². The number of ether oxygens (including phenoxy) is 1. The minimum atomic E-state index is -0.733. The number of carbonyl (C=O) groups is 1. The van der Waals surface area contributed by atoms with Gasteiger partial charge in [0.15, 0.2) is 0 Å². The van der Waals surface area contributed by atoms with E-state index in [0.717, 1.165) is 11.3 Å². The Hall–Kier alpha value is -2.44. The van der Waals surface area contributed by atoms with Gasteiger partial charge in [-0.2, -0.15) is 5.06 Å². The summed E-state index contributed by atoms with van der Waals surface area (Å²) in [4.78, 5) is 16.5. The molecule has 0 bridgehead atoms.